The van der Waals surface area contributed by atoms with Gasteiger partial charge in [-0.1, -0.05) is 6.07 Å². The average Bonchev–Trinajstić information content (AvgIpc) is 3.39. The summed E-state index contributed by atoms with van der Waals surface area (Å²) in [6.07, 6.45) is -2.03. The first-order chi connectivity index (χ1) is 13.8. The topological polar surface area (TPSA) is 63.4 Å². The van der Waals surface area contributed by atoms with Crippen molar-refractivity contribution >= 4 is 23.0 Å². The highest BCUT2D eigenvalue weighted by Gasteiger charge is 2.37. The van der Waals surface area contributed by atoms with Gasteiger partial charge in [0.2, 0.25) is 5.91 Å². The molecular formula is C19H20F3N5OS. The fraction of sp³-hybridized carbons (Fsp3) is 0.474. The molecule has 0 saturated carbocycles. The molecule has 1 aliphatic rings. The molecule has 6 nitrogen and oxygen atoms in total. The van der Waals surface area contributed by atoms with Crippen LogP contribution in [0.5, 0.6) is 0 Å². The molecular weight excluding hydrogens is 403 g/mol. The van der Waals surface area contributed by atoms with Crippen LogP contribution in [-0.4, -0.2) is 36.9 Å². The lowest BCUT2D eigenvalue weighted by Crippen LogP contribution is -2.30. The molecule has 0 spiro atoms. The zero-order valence-electron chi connectivity index (χ0n) is 16.0. The zero-order valence-corrected chi connectivity index (χ0v) is 16.8. The largest absolute Gasteiger partial charge is 0.453 e. The third kappa shape index (κ3) is 3.73. The van der Waals surface area contributed by atoms with Crippen molar-refractivity contribution in [2.24, 2.45) is 0 Å². The fourth-order valence-corrected chi connectivity index (χ4v) is 4.78. The van der Waals surface area contributed by atoms with E-state index in [-0.39, 0.29) is 24.1 Å². The molecule has 154 valence electrons. The van der Waals surface area contributed by atoms with Crippen LogP contribution in [0.1, 0.15) is 53.0 Å². The van der Waals surface area contributed by atoms with Crippen LogP contribution in [0.15, 0.2) is 17.5 Å². The van der Waals surface area contributed by atoms with Crippen molar-refractivity contribution in [3.63, 3.8) is 0 Å². The van der Waals surface area contributed by atoms with Crippen LogP contribution in [0.4, 0.5) is 13.2 Å². The van der Waals surface area contributed by atoms with Crippen LogP contribution in [0, 0.1) is 13.8 Å². The molecule has 1 aliphatic heterocycles. The Kier molecular flexibility index (Phi) is 5.05. The second-order valence-electron chi connectivity index (χ2n) is 7.17. The molecule has 0 radical (unpaired) electrons. The summed E-state index contributed by atoms with van der Waals surface area (Å²) in [6, 6.07) is 4.16. The van der Waals surface area contributed by atoms with E-state index in [1.807, 2.05) is 16.3 Å². The number of amides is 1. The van der Waals surface area contributed by atoms with E-state index >= 15 is 0 Å². The van der Waals surface area contributed by atoms with E-state index in [0.717, 1.165) is 29.5 Å². The van der Waals surface area contributed by atoms with Crippen molar-refractivity contribution in [3.8, 4) is 0 Å². The van der Waals surface area contributed by atoms with Gasteiger partial charge in [0, 0.05) is 29.2 Å². The Morgan fingerprint density at radius 3 is 2.79 bits per heavy atom. The minimum Gasteiger partial charge on any atom is -0.335 e. The molecule has 4 heterocycles. The van der Waals surface area contributed by atoms with Gasteiger partial charge >= 0.3 is 6.18 Å². The number of nitrogens with zero attached hydrogens (tertiary/aromatic N) is 5. The molecule has 3 aromatic rings. The normalized spacial score (nSPS) is 17.4. The van der Waals surface area contributed by atoms with Crippen molar-refractivity contribution in [2.75, 3.05) is 6.54 Å². The zero-order chi connectivity index (χ0) is 20.8. The first-order valence-electron chi connectivity index (χ1n) is 9.38. The van der Waals surface area contributed by atoms with Gasteiger partial charge in [-0.3, -0.25) is 4.79 Å². The van der Waals surface area contributed by atoms with Crippen molar-refractivity contribution < 1.29 is 18.0 Å². The maximum Gasteiger partial charge on any atom is 0.453 e. The van der Waals surface area contributed by atoms with Crippen LogP contribution >= 0.6 is 11.3 Å². The summed E-state index contributed by atoms with van der Waals surface area (Å²) in [7, 11) is 0. The minimum atomic E-state index is -4.63. The van der Waals surface area contributed by atoms with E-state index in [4.69, 9.17) is 0 Å². The van der Waals surface area contributed by atoms with Crippen LogP contribution in [0.3, 0.4) is 0 Å². The molecule has 1 amide bonds. The Balaban J connectivity index is 1.54. The van der Waals surface area contributed by atoms with E-state index in [1.165, 1.54) is 4.88 Å². The summed E-state index contributed by atoms with van der Waals surface area (Å²) in [5.41, 5.74) is 1.83. The van der Waals surface area contributed by atoms with E-state index in [9.17, 15) is 18.0 Å². The molecule has 4 rings (SSSR count). The molecule has 0 aliphatic carbocycles. The monoisotopic (exact) mass is 423 g/mol. The molecule has 1 atom stereocenters. The Bertz CT molecular complexity index is 1040. The number of alkyl halides is 3. The number of rotatable bonds is 4. The maximum absolute atomic E-state index is 12.9. The van der Waals surface area contributed by atoms with Gasteiger partial charge < -0.3 is 4.90 Å². The predicted molar refractivity (Wildman–Crippen MR) is 102 cm³/mol. The summed E-state index contributed by atoms with van der Waals surface area (Å²) in [4.78, 5) is 23.6. The summed E-state index contributed by atoms with van der Waals surface area (Å²) in [5.74, 6) is -1.24. The van der Waals surface area contributed by atoms with Gasteiger partial charge in [-0.05, 0) is 50.1 Å². The summed E-state index contributed by atoms with van der Waals surface area (Å²) in [5, 5.41) is 5.57. The lowest BCUT2D eigenvalue weighted by molar-refractivity contribution is -0.144. The van der Waals surface area contributed by atoms with E-state index in [0.29, 0.717) is 17.8 Å². The van der Waals surface area contributed by atoms with Gasteiger partial charge in [0.1, 0.15) is 0 Å². The molecule has 0 aromatic carbocycles. The van der Waals surface area contributed by atoms with Crippen LogP contribution in [0.25, 0.3) is 5.78 Å². The summed E-state index contributed by atoms with van der Waals surface area (Å²) >= 11 is 1.65. The van der Waals surface area contributed by atoms with Gasteiger partial charge in [-0.25, -0.2) is 9.50 Å². The number of carbonyl (C=O) groups is 1. The summed E-state index contributed by atoms with van der Waals surface area (Å²) in [6.45, 7) is 4.13. The first-order valence-corrected chi connectivity index (χ1v) is 10.3. The highest BCUT2D eigenvalue weighted by molar-refractivity contribution is 7.10. The van der Waals surface area contributed by atoms with E-state index in [2.05, 4.69) is 21.1 Å². The SMILES string of the molecule is Cc1nc2nc(C(F)(F)F)nn2c(C)c1CCC(=O)N1CCC[C@@H]1c1cccs1. The lowest BCUT2D eigenvalue weighted by atomic mass is 10.1. The molecule has 1 fully saturated rings. The third-order valence-electron chi connectivity index (χ3n) is 5.34. The molecule has 1 saturated heterocycles. The Morgan fingerprint density at radius 2 is 2.10 bits per heavy atom. The maximum atomic E-state index is 12.9. The smallest absolute Gasteiger partial charge is 0.335 e. The quantitative estimate of drug-likeness (QED) is 0.633. The lowest BCUT2D eigenvalue weighted by Gasteiger charge is -2.24. The minimum absolute atomic E-state index is 0.0503. The van der Waals surface area contributed by atoms with Crippen LogP contribution in [-0.2, 0) is 17.4 Å². The second kappa shape index (κ2) is 7.40. The highest BCUT2D eigenvalue weighted by atomic mass is 32.1. The molecule has 3 aromatic heterocycles. The van der Waals surface area contributed by atoms with Crippen molar-refractivity contribution in [2.45, 2.75) is 51.7 Å². The molecule has 0 bridgehead atoms. The Hall–Kier alpha value is -2.49. The summed E-state index contributed by atoms with van der Waals surface area (Å²) < 4.78 is 39.9. The first kappa shape index (κ1) is 19.8. The van der Waals surface area contributed by atoms with Crippen LogP contribution in [0.2, 0.25) is 0 Å². The third-order valence-corrected chi connectivity index (χ3v) is 6.31. The van der Waals surface area contributed by atoms with Gasteiger partial charge in [-0.2, -0.15) is 18.2 Å². The van der Waals surface area contributed by atoms with Crippen molar-refractivity contribution in [3.05, 3.63) is 45.2 Å². The van der Waals surface area contributed by atoms with Crippen molar-refractivity contribution in [1.29, 1.82) is 0 Å². The van der Waals surface area contributed by atoms with Gasteiger partial charge in [-0.15, -0.1) is 16.4 Å². The standard InChI is InChI=1S/C19H20F3N5OS/c1-11-13(12(2)27-18(23-11)24-17(25-27)19(20,21)22)7-8-16(28)26-9-3-5-14(26)15-6-4-10-29-15/h4,6,10,14H,3,5,7-9H2,1-2H3/t14-/m1/s1. The molecule has 29 heavy (non-hydrogen) atoms. The van der Waals surface area contributed by atoms with E-state index < -0.39 is 12.0 Å². The molecule has 10 heteroatoms. The number of aryl methyl sites for hydroxylation is 2. The van der Waals surface area contributed by atoms with Gasteiger partial charge in [0.15, 0.2) is 0 Å². The van der Waals surface area contributed by atoms with Crippen molar-refractivity contribution in [1.82, 2.24) is 24.5 Å². The predicted octanol–water partition coefficient (Wildman–Crippen LogP) is 4.12. The number of halogens is 3. The number of hydrogen-bond donors (Lipinski definition) is 0. The average molecular weight is 423 g/mol. The molecule has 0 N–H and O–H groups in total. The number of likely N-dealkylation sites (tertiary alicyclic amines) is 1. The van der Waals surface area contributed by atoms with Crippen LogP contribution < -0.4 is 0 Å². The van der Waals surface area contributed by atoms with Gasteiger partial charge in [0.25, 0.3) is 11.6 Å². The Morgan fingerprint density at radius 1 is 1.31 bits per heavy atom. The van der Waals surface area contributed by atoms with Gasteiger partial charge in [0.05, 0.1) is 6.04 Å². The highest BCUT2D eigenvalue weighted by Crippen LogP contribution is 2.35. The number of aromatic nitrogens is 4. The fourth-order valence-electron chi connectivity index (χ4n) is 3.91. The number of hydrogen-bond acceptors (Lipinski definition) is 5. The number of fused-ring (bicyclic) bond motifs is 1. The second-order valence-corrected chi connectivity index (χ2v) is 8.15. The molecule has 0 unspecified atom stereocenters. The Labute approximate surface area is 169 Å². The number of thiophene rings is 1. The van der Waals surface area contributed by atoms with E-state index in [1.54, 1.807) is 25.2 Å². The number of carbonyl (C=O) groups excluding carboxylic acids is 1.